The number of carbonyl (C=O) groups excluding carboxylic acids is 1. The molecule has 0 unspecified atom stereocenters. The Hall–Kier alpha value is -2.12. The van der Waals surface area contributed by atoms with Gasteiger partial charge in [-0.25, -0.2) is 4.98 Å². The summed E-state index contributed by atoms with van der Waals surface area (Å²) in [4.78, 5) is 21.3. The molecule has 30 heavy (non-hydrogen) atoms. The molecule has 0 radical (unpaired) electrons. The SMILES string of the molecule is Cl.Cl.O=C(c1ccc(Oc2nccs2)cc1)N1CC(N2CCc3ccccc3C2)C1. The van der Waals surface area contributed by atoms with Crippen LogP contribution in [0.1, 0.15) is 21.5 Å². The van der Waals surface area contributed by atoms with Gasteiger partial charge in [-0.2, -0.15) is 0 Å². The number of nitrogens with zero attached hydrogens (tertiary/aromatic N) is 3. The Morgan fingerprint density at radius 3 is 2.47 bits per heavy atom. The molecule has 1 amide bonds. The second kappa shape index (κ2) is 9.79. The van der Waals surface area contributed by atoms with Crippen molar-refractivity contribution in [3.8, 4) is 10.9 Å². The summed E-state index contributed by atoms with van der Waals surface area (Å²) < 4.78 is 5.65. The van der Waals surface area contributed by atoms with Crippen LogP contribution in [0.25, 0.3) is 0 Å². The highest BCUT2D eigenvalue weighted by atomic mass is 35.5. The van der Waals surface area contributed by atoms with Crippen molar-refractivity contribution in [2.45, 2.75) is 19.0 Å². The van der Waals surface area contributed by atoms with Crippen molar-refractivity contribution in [1.29, 1.82) is 0 Å². The molecular weight excluding hydrogens is 441 g/mol. The van der Waals surface area contributed by atoms with Crippen molar-refractivity contribution in [2.75, 3.05) is 19.6 Å². The second-order valence-corrected chi connectivity index (χ2v) is 8.13. The van der Waals surface area contributed by atoms with Crippen LogP contribution >= 0.6 is 36.2 Å². The Morgan fingerprint density at radius 2 is 1.77 bits per heavy atom. The average molecular weight is 464 g/mol. The molecule has 5 rings (SSSR count). The van der Waals surface area contributed by atoms with E-state index < -0.39 is 0 Å². The molecule has 0 N–H and O–H groups in total. The van der Waals surface area contributed by atoms with Crippen LogP contribution in [0.4, 0.5) is 0 Å². The quantitative estimate of drug-likeness (QED) is 0.564. The van der Waals surface area contributed by atoms with Gasteiger partial charge in [0.1, 0.15) is 5.75 Å². The van der Waals surface area contributed by atoms with Gasteiger partial charge in [-0.15, -0.1) is 24.8 Å². The van der Waals surface area contributed by atoms with Gasteiger partial charge in [0.05, 0.1) is 0 Å². The largest absolute Gasteiger partial charge is 0.431 e. The highest BCUT2D eigenvalue weighted by Gasteiger charge is 2.36. The fourth-order valence-electron chi connectivity index (χ4n) is 3.89. The molecule has 1 saturated heterocycles. The topological polar surface area (TPSA) is 45.7 Å². The molecule has 2 aliphatic heterocycles. The van der Waals surface area contributed by atoms with Crippen LogP contribution in [-0.2, 0) is 13.0 Å². The van der Waals surface area contributed by atoms with Gasteiger partial charge in [0.25, 0.3) is 11.1 Å². The number of aromatic nitrogens is 1. The van der Waals surface area contributed by atoms with Crippen molar-refractivity contribution >= 4 is 42.1 Å². The Balaban J connectivity index is 0.00000128. The van der Waals surface area contributed by atoms with E-state index in [2.05, 4.69) is 34.1 Å². The standard InChI is InChI=1S/C22H21N3O2S.2ClH/c26-21(17-5-7-20(8-6-17)27-22-23-10-12-28-22)25-14-19(15-25)24-11-9-16-3-1-2-4-18(16)13-24;;/h1-8,10,12,19H,9,11,13-15H2;2*1H. The first-order valence-electron chi connectivity index (χ1n) is 9.54. The van der Waals surface area contributed by atoms with Crippen molar-refractivity contribution in [2.24, 2.45) is 0 Å². The highest BCUT2D eigenvalue weighted by molar-refractivity contribution is 7.11. The Kier molecular flexibility index (Phi) is 7.36. The number of hydrogen-bond acceptors (Lipinski definition) is 5. The van der Waals surface area contributed by atoms with E-state index in [9.17, 15) is 4.79 Å². The van der Waals surface area contributed by atoms with Gasteiger partial charge in [0.15, 0.2) is 0 Å². The Bertz CT molecular complexity index is 976. The number of ether oxygens (including phenoxy) is 1. The first-order chi connectivity index (χ1) is 13.8. The van der Waals surface area contributed by atoms with E-state index in [1.54, 1.807) is 6.20 Å². The number of amides is 1. The maximum absolute atomic E-state index is 12.7. The Morgan fingerprint density at radius 1 is 1.03 bits per heavy atom. The first-order valence-corrected chi connectivity index (χ1v) is 10.4. The molecule has 158 valence electrons. The summed E-state index contributed by atoms with van der Waals surface area (Å²) in [6.07, 6.45) is 2.81. The molecule has 1 aromatic heterocycles. The molecule has 3 aromatic rings. The minimum atomic E-state index is 0. The maximum atomic E-state index is 12.7. The summed E-state index contributed by atoms with van der Waals surface area (Å²) in [6.45, 7) is 3.68. The predicted octanol–water partition coefficient (Wildman–Crippen LogP) is 4.66. The van der Waals surface area contributed by atoms with E-state index >= 15 is 0 Å². The molecule has 2 aromatic carbocycles. The number of thiazole rings is 1. The van der Waals surface area contributed by atoms with Gasteiger partial charge >= 0.3 is 0 Å². The summed E-state index contributed by atoms with van der Waals surface area (Å²) in [5.74, 6) is 0.787. The smallest absolute Gasteiger partial charge is 0.278 e. The van der Waals surface area contributed by atoms with Crippen molar-refractivity contribution < 1.29 is 9.53 Å². The van der Waals surface area contributed by atoms with Crippen LogP contribution in [-0.4, -0.2) is 46.4 Å². The van der Waals surface area contributed by atoms with Crippen LogP contribution in [0.3, 0.4) is 0 Å². The predicted molar refractivity (Wildman–Crippen MR) is 123 cm³/mol. The number of hydrogen-bond donors (Lipinski definition) is 0. The monoisotopic (exact) mass is 463 g/mol. The number of fused-ring (bicyclic) bond motifs is 1. The summed E-state index contributed by atoms with van der Waals surface area (Å²) in [6, 6.07) is 16.5. The number of carbonyl (C=O) groups is 1. The lowest BCUT2D eigenvalue weighted by Gasteiger charge is -2.47. The average Bonchev–Trinajstić information content (AvgIpc) is 3.20. The van der Waals surface area contributed by atoms with Crippen molar-refractivity contribution in [3.05, 3.63) is 76.8 Å². The van der Waals surface area contributed by atoms with Crippen LogP contribution in [0.15, 0.2) is 60.1 Å². The molecule has 1 fully saturated rings. The number of likely N-dealkylation sites (tertiary alicyclic amines) is 1. The molecule has 2 aliphatic rings. The van der Waals surface area contributed by atoms with E-state index in [1.165, 1.54) is 22.5 Å². The molecule has 0 bridgehead atoms. The van der Waals surface area contributed by atoms with E-state index in [1.807, 2.05) is 34.5 Å². The zero-order valence-electron chi connectivity index (χ0n) is 16.3. The van der Waals surface area contributed by atoms with E-state index in [0.29, 0.717) is 22.5 Å². The third kappa shape index (κ3) is 4.62. The fourth-order valence-corrected chi connectivity index (χ4v) is 4.40. The Labute approximate surface area is 192 Å². The zero-order chi connectivity index (χ0) is 18.9. The van der Waals surface area contributed by atoms with Gasteiger partial charge in [0, 0.05) is 49.4 Å². The number of benzene rings is 2. The van der Waals surface area contributed by atoms with Crippen LogP contribution in [0.5, 0.6) is 10.9 Å². The van der Waals surface area contributed by atoms with Crippen molar-refractivity contribution in [1.82, 2.24) is 14.8 Å². The highest BCUT2D eigenvalue weighted by Crippen LogP contribution is 2.27. The molecule has 0 spiro atoms. The van der Waals surface area contributed by atoms with Gasteiger partial charge in [-0.1, -0.05) is 35.6 Å². The molecule has 0 atom stereocenters. The third-order valence-electron chi connectivity index (χ3n) is 5.54. The van der Waals surface area contributed by atoms with Gasteiger partial charge in [-0.3, -0.25) is 9.69 Å². The van der Waals surface area contributed by atoms with Crippen LogP contribution in [0, 0.1) is 0 Å². The second-order valence-electron chi connectivity index (χ2n) is 7.28. The number of halogens is 2. The van der Waals surface area contributed by atoms with Crippen molar-refractivity contribution in [3.63, 3.8) is 0 Å². The normalized spacial score (nSPS) is 15.9. The zero-order valence-corrected chi connectivity index (χ0v) is 18.7. The molecular formula is C22H23Cl2N3O2S. The lowest BCUT2D eigenvalue weighted by molar-refractivity contribution is 0.0218. The molecule has 0 aliphatic carbocycles. The third-order valence-corrected chi connectivity index (χ3v) is 6.19. The molecule has 5 nitrogen and oxygen atoms in total. The number of rotatable bonds is 4. The van der Waals surface area contributed by atoms with Crippen LogP contribution < -0.4 is 4.74 Å². The summed E-state index contributed by atoms with van der Waals surface area (Å²) in [7, 11) is 0. The molecule has 8 heteroatoms. The summed E-state index contributed by atoms with van der Waals surface area (Å²) in [5.41, 5.74) is 3.59. The van der Waals surface area contributed by atoms with Gasteiger partial charge in [0.2, 0.25) is 0 Å². The first kappa shape index (κ1) is 22.6. The minimum absolute atomic E-state index is 0. The van der Waals surface area contributed by atoms with E-state index in [-0.39, 0.29) is 30.7 Å². The maximum Gasteiger partial charge on any atom is 0.278 e. The van der Waals surface area contributed by atoms with Gasteiger partial charge in [-0.05, 0) is 41.8 Å². The molecule has 0 saturated carbocycles. The lowest BCUT2D eigenvalue weighted by atomic mass is 9.96. The fraction of sp³-hybridized carbons (Fsp3) is 0.273. The van der Waals surface area contributed by atoms with Crippen LogP contribution in [0.2, 0.25) is 0 Å². The van der Waals surface area contributed by atoms with Gasteiger partial charge < -0.3 is 9.64 Å². The molecule has 3 heterocycles. The lowest BCUT2D eigenvalue weighted by Crippen LogP contribution is -2.61. The minimum Gasteiger partial charge on any atom is -0.431 e. The van der Waals surface area contributed by atoms with E-state index in [0.717, 1.165) is 32.6 Å². The van der Waals surface area contributed by atoms with E-state index in [4.69, 9.17) is 4.74 Å². The summed E-state index contributed by atoms with van der Waals surface area (Å²) in [5, 5.41) is 2.47. The summed E-state index contributed by atoms with van der Waals surface area (Å²) >= 11 is 1.44.